The van der Waals surface area contributed by atoms with E-state index in [2.05, 4.69) is 40.2 Å². The minimum Gasteiger partial charge on any atom is -0.387 e. The van der Waals surface area contributed by atoms with Crippen molar-refractivity contribution in [3.8, 4) is 0 Å². The first-order chi connectivity index (χ1) is 10.3. The first kappa shape index (κ1) is 14.1. The van der Waals surface area contributed by atoms with E-state index in [0.29, 0.717) is 6.42 Å². The van der Waals surface area contributed by atoms with Crippen LogP contribution in [0, 0.1) is 0 Å². The molecule has 0 bridgehead atoms. The lowest BCUT2D eigenvalue weighted by molar-refractivity contribution is 0.169. The molecule has 1 unspecified atom stereocenters. The van der Waals surface area contributed by atoms with Crippen molar-refractivity contribution in [2.24, 2.45) is 0 Å². The molecule has 0 fully saturated rings. The van der Waals surface area contributed by atoms with Crippen LogP contribution in [0.1, 0.15) is 36.3 Å². The van der Waals surface area contributed by atoms with Gasteiger partial charge in [-0.3, -0.25) is 4.98 Å². The summed E-state index contributed by atoms with van der Waals surface area (Å²) in [5.74, 6) is 0. The molecule has 2 aromatic rings. The molecule has 0 amide bonds. The SMILES string of the molecule is CCC(O)c1ccc(N2CCc3ccccc3CC2)cn1. The van der Waals surface area contributed by atoms with Gasteiger partial charge in [-0.1, -0.05) is 31.2 Å². The van der Waals surface area contributed by atoms with Gasteiger partial charge in [0.05, 0.1) is 23.7 Å². The number of rotatable bonds is 3. The molecule has 1 atom stereocenters. The number of nitrogens with zero attached hydrogens (tertiary/aromatic N) is 2. The van der Waals surface area contributed by atoms with Crippen LogP contribution in [-0.2, 0) is 12.8 Å². The highest BCUT2D eigenvalue weighted by molar-refractivity contribution is 5.46. The lowest BCUT2D eigenvalue weighted by atomic mass is 10.0. The molecule has 1 aromatic heterocycles. The number of fused-ring (bicyclic) bond motifs is 1. The number of benzene rings is 1. The first-order valence-corrected chi connectivity index (χ1v) is 7.73. The van der Waals surface area contributed by atoms with Crippen LogP contribution in [0.2, 0.25) is 0 Å². The van der Waals surface area contributed by atoms with Gasteiger partial charge in [0.2, 0.25) is 0 Å². The van der Waals surface area contributed by atoms with Crippen molar-refractivity contribution in [2.75, 3.05) is 18.0 Å². The number of aliphatic hydroxyl groups excluding tert-OH is 1. The normalized spacial score (nSPS) is 16.2. The topological polar surface area (TPSA) is 36.4 Å². The molecule has 2 heterocycles. The van der Waals surface area contributed by atoms with Gasteiger partial charge < -0.3 is 10.0 Å². The molecule has 3 heteroatoms. The molecule has 1 N–H and O–H groups in total. The fourth-order valence-electron chi connectivity index (χ4n) is 2.92. The predicted molar refractivity (Wildman–Crippen MR) is 85.6 cm³/mol. The van der Waals surface area contributed by atoms with Crippen molar-refractivity contribution in [2.45, 2.75) is 32.3 Å². The number of aromatic nitrogens is 1. The molecule has 3 nitrogen and oxygen atoms in total. The van der Waals surface area contributed by atoms with E-state index in [1.807, 2.05) is 19.2 Å². The van der Waals surface area contributed by atoms with Crippen molar-refractivity contribution < 1.29 is 5.11 Å². The monoisotopic (exact) mass is 282 g/mol. The Kier molecular flexibility index (Phi) is 4.20. The van der Waals surface area contributed by atoms with Crippen LogP contribution < -0.4 is 4.90 Å². The second kappa shape index (κ2) is 6.27. The van der Waals surface area contributed by atoms with E-state index in [1.165, 1.54) is 11.1 Å². The Labute approximate surface area is 126 Å². The molecule has 0 radical (unpaired) electrons. The summed E-state index contributed by atoms with van der Waals surface area (Å²) in [4.78, 5) is 6.80. The summed E-state index contributed by atoms with van der Waals surface area (Å²) in [7, 11) is 0. The smallest absolute Gasteiger partial charge is 0.0957 e. The minimum atomic E-state index is -0.451. The zero-order chi connectivity index (χ0) is 14.7. The third-order valence-electron chi connectivity index (χ3n) is 4.28. The summed E-state index contributed by atoms with van der Waals surface area (Å²) in [5, 5.41) is 9.82. The maximum Gasteiger partial charge on any atom is 0.0957 e. The summed E-state index contributed by atoms with van der Waals surface area (Å²) in [6.07, 6.45) is 4.30. The number of pyridine rings is 1. The summed E-state index contributed by atoms with van der Waals surface area (Å²) >= 11 is 0. The van der Waals surface area contributed by atoms with Crippen LogP contribution in [0.15, 0.2) is 42.6 Å². The maximum absolute atomic E-state index is 9.82. The van der Waals surface area contributed by atoms with E-state index >= 15 is 0 Å². The lowest BCUT2D eigenvalue weighted by Crippen LogP contribution is -2.26. The minimum absolute atomic E-state index is 0.451. The number of hydrogen-bond acceptors (Lipinski definition) is 3. The summed E-state index contributed by atoms with van der Waals surface area (Å²) in [6.45, 7) is 4.01. The molecule has 0 aliphatic carbocycles. The summed E-state index contributed by atoms with van der Waals surface area (Å²) < 4.78 is 0. The predicted octanol–water partition coefficient (Wildman–Crippen LogP) is 3.13. The fourth-order valence-corrected chi connectivity index (χ4v) is 2.92. The Hall–Kier alpha value is -1.87. The van der Waals surface area contributed by atoms with Crippen molar-refractivity contribution in [3.05, 3.63) is 59.4 Å². The van der Waals surface area contributed by atoms with Crippen molar-refractivity contribution in [1.82, 2.24) is 4.98 Å². The molecule has 1 aliphatic rings. The average Bonchev–Trinajstić information content (AvgIpc) is 2.77. The second-order valence-corrected chi connectivity index (χ2v) is 5.62. The molecule has 3 rings (SSSR count). The second-order valence-electron chi connectivity index (χ2n) is 5.62. The van der Waals surface area contributed by atoms with Crippen LogP contribution in [-0.4, -0.2) is 23.2 Å². The Morgan fingerprint density at radius 1 is 1.10 bits per heavy atom. The zero-order valence-electron chi connectivity index (χ0n) is 12.5. The highest BCUT2D eigenvalue weighted by atomic mass is 16.3. The number of hydrogen-bond donors (Lipinski definition) is 1. The molecule has 1 aliphatic heterocycles. The van der Waals surface area contributed by atoms with Crippen molar-refractivity contribution in [1.29, 1.82) is 0 Å². The van der Waals surface area contributed by atoms with E-state index in [-0.39, 0.29) is 0 Å². The average molecular weight is 282 g/mol. The van der Waals surface area contributed by atoms with Gasteiger partial charge in [-0.05, 0) is 42.5 Å². The first-order valence-electron chi connectivity index (χ1n) is 7.73. The molecule has 21 heavy (non-hydrogen) atoms. The van der Waals surface area contributed by atoms with Gasteiger partial charge >= 0.3 is 0 Å². The van der Waals surface area contributed by atoms with Crippen LogP contribution in [0.5, 0.6) is 0 Å². The van der Waals surface area contributed by atoms with Gasteiger partial charge in [-0.15, -0.1) is 0 Å². The molecule has 0 saturated carbocycles. The van der Waals surface area contributed by atoms with Crippen LogP contribution in [0.25, 0.3) is 0 Å². The fraction of sp³-hybridized carbons (Fsp3) is 0.389. The van der Waals surface area contributed by atoms with Crippen molar-refractivity contribution >= 4 is 5.69 Å². The Morgan fingerprint density at radius 3 is 2.29 bits per heavy atom. The quantitative estimate of drug-likeness (QED) is 0.939. The lowest BCUT2D eigenvalue weighted by Gasteiger charge is -2.22. The van der Waals surface area contributed by atoms with Gasteiger partial charge in [-0.2, -0.15) is 0 Å². The van der Waals surface area contributed by atoms with Crippen LogP contribution in [0.4, 0.5) is 5.69 Å². The Balaban J connectivity index is 1.74. The van der Waals surface area contributed by atoms with E-state index in [9.17, 15) is 5.11 Å². The number of anilines is 1. The Bertz CT molecular complexity index is 567. The third kappa shape index (κ3) is 3.08. The van der Waals surface area contributed by atoms with Crippen LogP contribution >= 0.6 is 0 Å². The molecular formula is C18H22N2O. The van der Waals surface area contributed by atoms with E-state index < -0.39 is 6.10 Å². The van der Waals surface area contributed by atoms with Gasteiger partial charge in [-0.25, -0.2) is 0 Å². The van der Waals surface area contributed by atoms with Gasteiger partial charge in [0.1, 0.15) is 0 Å². The summed E-state index contributed by atoms with van der Waals surface area (Å²) in [5.41, 5.74) is 4.84. The molecule has 110 valence electrons. The highest BCUT2D eigenvalue weighted by Gasteiger charge is 2.15. The third-order valence-corrected chi connectivity index (χ3v) is 4.28. The van der Waals surface area contributed by atoms with Gasteiger partial charge in [0.15, 0.2) is 0 Å². The van der Waals surface area contributed by atoms with E-state index in [4.69, 9.17) is 0 Å². The largest absolute Gasteiger partial charge is 0.387 e. The summed E-state index contributed by atoms with van der Waals surface area (Å²) in [6, 6.07) is 12.7. The van der Waals surface area contributed by atoms with Gasteiger partial charge in [0, 0.05) is 13.1 Å². The molecule has 0 spiro atoms. The number of aliphatic hydroxyl groups is 1. The maximum atomic E-state index is 9.82. The van der Waals surface area contributed by atoms with E-state index in [0.717, 1.165) is 37.3 Å². The van der Waals surface area contributed by atoms with Gasteiger partial charge in [0.25, 0.3) is 0 Å². The van der Waals surface area contributed by atoms with E-state index in [1.54, 1.807) is 0 Å². The highest BCUT2D eigenvalue weighted by Crippen LogP contribution is 2.22. The van der Waals surface area contributed by atoms with Crippen LogP contribution in [0.3, 0.4) is 0 Å². The molecule has 0 saturated heterocycles. The standard InChI is InChI=1S/C18H22N2O/c1-2-18(21)17-8-7-16(13-19-17)20-11-9-14-5-3-4-6-15(14)10-12-20/h3-8,13,18,21H,2,9-12H2,1H3. The molecular weight excluding hydrogens is 260 g/mol. The molecule has 1 aromatic carbocycles. The van der Waals surface area contributed by atoms with Crippen molar-refractivity contribution in [3.63, 3.8) is 0 Å². The zero-order valence-corrected chi connectivity index (χ0v) is 12.5. The Morgan fingerprint density at radius 2 is 1.76 bits per heavy atom.